The number of aliphatic hydroxyl groups excluding tert-OH is 18. The predicted molar refractivity (Wildman–Crippen MR) is 223 cm³/mol. The number of hydrogen-bond acceptors (Lipinski definition) is 30. The Labute approximate surface area is 409 Å². The highest BCUT2D eigenvalue weighted by Gasteiger charge is 2.58. The van der Waals surface area contributed by atoms with Gasteiger partial charge >= 0.3 is 0 Å². The lowest BCUT2D eigenvalue weighted by Crippen LogP contribution is -2.71. The van der Waals surface area contributed by atoms with Gasteiger partial charge in [0.2, 0.25) is 11.8 Å². The third kappa shape index (κ3) is 13.5. The van der Waals surface area contributed by atoms with E-state index in [-0.39, 0.29) is 0 Å². The first kappa shape index (κ1) is 60.7. The first-order chi connectivity index (χ1) is 34.0. The minimum Gasteiger partial charge on any atom is -0.394 e. The van der Waals surface area contributed by atoms with E-state index in [0.29, 0.717) is 0 Å². The Balaban J connectivity index is 1.50. The summed E-state index contributed by atoms with van der Waals surface area (Å²) in [6.45, 7) is -2.83. The second-order valence-corrected chi connectivity index (χ2v) is 18.0. The van der Waals surface area contributed by atoms with Gasteiger partial charge in [0.15, 0.2) is 31.5 Å². The summed E-state index contributed by atoms with van der Waals surface area (Å²) < 4.78 is 58.1. The second kappa shape index (κ2) is 26.7. The number of hydrogen-bond donors (Lipinski definition) is 20. The topological polar surface area (TPSA) is 515 Å². The number of rotatable bonds is 21. The molecule has 32 heteroatoms. The van der Waals surface area contributed by atoms with E-state index in [0.717, 1.165) is 13.8 Å². The molecule has 5 heterocycles. The Morgan fingerprint density at radius 1 is 0.472 bits per heavy atom. The predicted octanol–water partition coefficient (Wildman–Crippen LogP) is -13.1. The van der Waals surface area contributed by atoms with Gasteiger partial charge in [-0.1, -0.05) is 0 Å². The van der Waals surface area contributed by atoms with E-state index < -0.39 is 229 Å². The quantitative estimate of drug-likeness (QED) is 0.0507. The van der Waals surface area contributed by atoms with Crippen LogP contribution in [0.4, 0.5) is 0 Å². The first-order valence-corrected chi connectivity index (χ1v) is 22.9. The molecule has 5 rings (SSSR count). The van der Waals surface area contributed by atoms with Gasteiger partial charge in [-0.2, -0.15) is 0 Å². The Morgan fingerprint density at radius 3 is 1.47 bits per heavy atom. The summed E-state index contributed by atoms with van der Waals surface area (Å²) in [5, 5.41) is 196. The van der Waals surface area contributed by atoms with E-state index in [1.54, 1.807) is 0 Å². The Kier molecular flexibility index (Phi) is 22.5. The van der Waals surface area contributed by atoms with Crippen LogP contribution in [-0.2, 0) is 57.0 Å². The molecule has 5 fully saturated rings. The average molecular weight is 1060 g/mol. The highest BCUT2D eigenvalue weighted by atomic mass is 16.8. The summed E-state index contributed by atoms with van der Waals surface area (Å²) in [4.78, 5) is 25.0. The smallest absolute Gasteiger partial charge is 0.217 e. The van der Waals surface area contributed by atoms with Crippen LogP contribution in [0.1, 0.15) is 20.8 Å². The molecule has 0 aromatic heterocycles. The molecule has 0 aliphatic carbocycles. The van der Waals surface area contributed by atoms with Crippen molar-refractivity contribution in [3.8, 4) is 0 Å². The zero-order chi connectivity index (χ0) is 53.6. The van der Waals surface area contributed by atoms with E-state index in [4.69, 9.17) is 47.4 Å². The molecule has 0 unspecified atom stereocenters. The molecule has 72 heavy (non-hydrogen) atoms. The van der Waals surface area contributed by atoms with Crippen molar-refractivity contribution in [2.45, 2.75) is 199 Å². The highest BCUT2D eigenvalue weighted by molar-refractivity contribution is 5.73. The number of nitrogens with one attached hydrogen (secondary N) is 2. The molecule has 5 aliphatic rings. The molecule has 5 saturated heterocycles. The fourth-order valence-electron chi connectivity index (χ4n) is 8.85. The monoisotopic (exact) mass is 1060 g/mol. The number of ether oxygens (including phenoxy) is 10. The maximum absolute atomic E-state index is 13.0. The third-order valence-electron chi connectivity index (χ3n) is 12.9. The van der Waals surface area contributed by atoms with Crippen molar-refractivity contribution in [2.24, 2.45) is 0 Å². The molecule has 29 atom stereocenters. The molecule has 0 radical (unpaired) electrons. The molecule has 0 saturated carbocycles. The number of carbonyl (C=O) groups is 2. The van der Waals surface area contributed by atoms with E-state index in [2.05, 4.69) is 10.6 Å². The second-order valence-electron chi connectivity index (χ2n) is 18.0. The fraction of sp³-hybridized carbons (Fsp3) is 0.950. The Morgan fingerprint density at radius 2 is 0.931 bits per heavy atom. The van der Waals surface area contributed by atoms with Crippen molar-refractivity contribution >= 4 is 11.8 Å². The minimum absolute atomic E-state index is 0.774. The lowest BCUT2D eigenvalue weighted by molar-refractivity contribution is -0.394. The van der Waals surface area contributed by atoms with Crippen LogP contribution < -0.4 is 10.6 Å². The summed E-state index contributed by atoms with van der Waals surface area (Å²) in [5.41, 5.74) is 0. The molecule has 0 bridgehead atoms. The van der Waals surface area contributed by atoms with Gasteiger partial charge in [-0.15, -0.1) is 0 Å². The lowest BCUT2D eigenvalue weighted by atomic mass is 9.93. The van der Waals surface area contributed by atoms with Crippen LogP contribution >= 0.6 is 0 Å². The first-order valence-electron chi connectivity index (χ1n) is 22.9. The molecule has 0 spiro atoms. The zero-order valence-electron chi connectivity index (χ0n) is 38.9. The molecule has 420 valence electrons. The van der Waals surface area contributed by atoms with Gasteiger partial charge in [-0.3, -0.25) is 9.59 Å². The van der Waals surface area contributed by atoms with Gasteiger partial charge in [-0.05, 0) is 6.92 Å². The normalized spacial score (nSPS) is 45.7. The van der Waals surface area contributed by atoms with Crippen LogP contribution in [0.2, 0.25) is 0 Å². The number of amides is 2. The van der Waals surface area contributed by atoms with Crippen LogP contribution in [0.15, 0.2) is 0 Å². The van der Waals surface area contributed by atoms with Crippen LogP contribution in [-0.4, -0.2) is 321 Å². The van der Waals surface area contributed by atoms with Crippen LogP contribution in [0, 0.1) is 0 Å². The summed E-state index contributed by atoms with van der Waals surface area (Å²) >= 11 is 0. The average Bonchev–Trinajstić information content (AvgIpc) is 3.35. The molecule has 20 N–H and O–H groups in total. The zero-order valence-corrected chi connectivity index (χ0v) is 38.9. The lowest BCUT2D eigenvalue weighted by Gasteiger charge is -2.52. The molecule has 2 amide bonds. The molecule has 5 aliphatic heterocycles. The standard InChI is InChI=1S/C40H70N2O30/c1-10-20(52)24(56)27(59)37(63-10)71-34-19(42-12(3)50)36(72-35-23(55)16(7-46)65-40(30(35)62)68-31(21(53)14(51)5-44)13(4-43)41-11(2)49)66-18(9-48)33(34)70-39-29(61)26(58)32(17(8-47)67-39)69-38-28(60)25(57)22(54)15(6-45)64-38/h10,13-40,43-48,51-62H,4-9H2,1-3H3,(H,41,49)(H,42,50)/t10-,13-,14+,15+,16+,17+,18+,19+,20+,21-,22-,23-,24+,25-,26+,27-,28+,29+,30+,31+,32-,33+,34+,35-,36-,37-,38-,39-,40-/m0/s1. The summed E-state index contributed by atoms with van der Waals surface area (Å²) in [6, 6.07) is -3.44. The Hall–Kier alpha value is -2.18. The summed E-state index contributed by atoms with van der Waals surface area (Å²) in [5.74, 6) is -1.68. The van der Waals surface area contributed by atoms with Crippen molar-refractivity contribution in [2.75, 3.05) is 39.6 Å². The summed E-state index contributed by atoms with van der Waals surface area (Å²) in [7, 11) is 0. The van der Waals surface area contributed by atoms with Gasteiger partial charge in [0, 0.05) is 13.8 Å². The van der Waals surface area contributed by atoms with Crippen LogP contribution in [0.5, 0.6) is 0 Å². The number of carbonyl (C=O) groups excluding carboxylic acids is 2. The SMILES string of the molecule is CC(=O)N[C@H]1[C@H](O[C@H]2[C@@H](O)[C@@H](CO)O[C@@H](O[C@@H]([C@@H](O)[C@H](O)CO)[C@H](CO)NC(C)=O)[C@@H]2O)O[C@H](CO)[C@@H](O[C@@H]2O[C@H](CO)[C@H](O[C@@H]3O[C@H](CO)[C@H](O)[C@H](O)[C@H]3O)[C@H](O)[C@H]2O)[C@@H]1O[C@@H]1O[C@@H](C)[C@@H](O)[C@@H](O)[C@@H]1O. The molecule has 0 aromatic carbocycles. The van der Waals surface area contributed by atoms with Crippen molar-refractivity contribution in [1.82, 2.24) is 10.6 Å². The fourth-order valence-corrected chi connectivity index (χ4v) is 8.85. The van der Waals surface area contributed by atoms with Gasteiger partial charge in [0.05, 0.1) is 51.8 Å². The van der Waals surface area contributed by atoms with Gasteiger partial charge in [-0.25, -0.2) is 0 Å². The maximum Gasteiger partial charge on any atom is 0.217 e. The van der Waals surface area contributed by atoms with E-state index >= 15 is 0 Å². The summed E-state index contributed by atoms with van der Waals surface area (Å²) in [6.07, 6.45) is -52.2. The van der Waals surface area contributed by atoms with Crippen molar-refractivity contribution in [3.05, 3.63) is 0 Å². The van der Waals surface area contributed by atoms with Crippen molar-refractivity contribution in [1.29, 1.82) is 0 Å². The van der Waals surface area contributed by atoms with E-state index in [1.165, 1.54) is 6.92 Å². The van der Waals surface area contributed by atoms with E-state index in [9.17, 15) is 102 Å². The van der Waals surface area contributed by atoms with Gasteiger partial charge in [0.25, 0.3) is 0 Å². The molecule has 32 nitrogen and oxygen atoms in total. The minimum atomic E-state index is -2.26. The van der Waals surface area contributed by atoms with E-state index in [1.807, 2.05) is 0 Å². The molecular weight excluding hydrogens is 988 g/mol. The van der Waals surface area contributed by atoms with Crippen LogP contribution in [0.3, 0.4) is 0 Å². The third-order valence-corrected chi connectivity index (χ3v) is 12.9. The number of aliphatic hydroxyl groups is 18. The largest absolute Gasteiger partial charge is 0.394 e. The Bertz CT molecular complexity index is 1680. The molecule has 0 aromatic rings. The maximum atomic E-state index is 13.0. The van der Waals surface area contributed by atoms with Crippen molar-refractivity contribution < 1.29 is 149 Å². The highest BCUT2D eigenvalue weighted by Crippen LogP contribution is 2.37. The van der Waals surface area contributed by atoms with Gasteiger partial charge in [0.1, 0.15) is 134 Å². The van der Waals surface area contributed by atoms with Crippen molar-refractivity contribution in [3.63, 3.8) is 0 Å². The van der Waals surface area contributed by atoms with Gasteiger partial charge < -0.3 is 150 Å². The van der Waals surface area contributed by atoms with Crippen LogP contribution in [0.25, 0.3) is 0 Å². The molecular formula is C40H70N2O30.